The highest BCUT2D eigenvalue weighted by atomic mass is 32.2. The van der Waals surface area contributed by atoms with Crippen LogP contribution in [-0.2, 0) is 33.1 Å². The molecule has 5 rings (SSSR count). The first kappa shape index (κ1) is 29.0. The van der Waals surface area contributed by atoms with Gasteiger partial charge in [-0.05, 0) is 54.4 Å². The quantitative estimate of drug-likeness (QED) is 0.301. The molecule has 1 aliphatic carbocycles. The Bertz CT molecular complexity index is 1270. The van der Waals surface area contributed by atoms with Gasteiger partial charge in [-0.25, -0.2) is 4.79 Å². The van der Waals surface area contributed by atoms with Gasteiger partial charge in [0.15, 0.2) is 5.78 Å². The van der Waals surface area contributed by atoms with E-state index in [0.717, 1.165) is 42.6 Å². The van der Waals surface area contributed by atoms with Crippen LogP contribution in [0, 0.1) is 11.8 Å². The largest absolute Gasteiger partial charge is 0.468 e. The summed E-state index contributed by atoms with van der Waals surface area (Å²) in [7, 11) is 0. The number of nitrogens with one attached hydrogen (secondary N) is 1. The van der Waals surface area contributed by atoms with Gasteiger partial charge in [-0.1, -0.05) is 79.9 Å². The fourth-order valence-corrected chi connectivity index (χ4v) is 6.86. The minimum atomic E-state index is -0.694. The number of amides is 2. The minimum absolute atomic E-state index is 0.0525. The van der Waals surface area contributed by atoms with E-state index in [2.05, 4.69) is 5.32 Å². The molecule has 2 aliphatic rings. The van der Waals surface area contributed by atoms with Crippen LogP contribution in [0.1, 0.15) is 49.0 Å². The molecular formula is C33H38N2O5S. The van der Waals surface area contributed by atoms with Crippen molar-refractivity contribution in [3.63, 3.8) is 0 Å². The van der Waals surface area contributed by atoms with Gasteiger partial charge in [-0.2, -0.15) is 0 Å². The number of ketones is 1. The van der Waals surface area contributed by atoms with E-state index in [1.54, 1.807) is 11.2 Å². The molecule has 1 aliphatic heterocycles. The second kappa shape index (κ2) is 14.4. The maximum absolute atomic E-state index is 13.9. The molecule has 2 fully saturated rings. The number of thioether (sulfide) groups is 1. The first-order valence-electron chi connectivity index (χ1n) is 14.5. The Morgan fingerprint density at radius 3 is 2.34 bits per heavy atom. The van der Waals surface area contributed by atoms with Gasteiger partial charge in [-0.15, -0.1) is 11.8 Å². The predicted octanol–water partition coefficient (Wildman–Crippen LogP) is 6.03. The van der Waals surface area contributed by atoms with E-state index in [1.165, 1.54) is 11.8 Å². The van der Waals surface area contributed by atoms with E-state index in [-0.39, 0.29) is 24.1 Å². The lowest BCUT2D eigenvalue weighted by Gasteiger charge is -2.45. The SMILES string of the molecule is O=C(CSCc1ccco1)C(Cc1ccccc1)NC(=O)C1CC2CCCCC2CN1C(=O)OCc1ccccc1. The smallest absolute Gasteiger partial charge is 0.410 e. The first-order chi connectivity index (χ1) is 20.1. The molecule has 2 amide bonds. The number of piperidine rings is 1. The van der Waals surface area contributed by atoms with Gasteiger partial charge in [0.1, 0.15) is 18.4 Å². The van der Waals surface area contributed by atoms with Gasteiger partial charge in [0.25, 0.3) is 0 Å². The van der Waals surface area contributed by atoms with Crippen molar-refractivity contribution >= 4 is 29.5 Å². The third-order valence-corrected chi connectivity index (χ3v) is 9.18. The van der Waals surface area contributed by atoms with E-state index >= 15 is 0 Å². The number of carbonyl (C=O) groups is 3. The van der Waals surface area contributed by atoms with Crippen LogP contribution in [0.2, 0.25) is 0 Å². The number of benzene rings is 2. The second-order valence-corrected chi connectivity index (χ2v) is 12.0. The lowest BCUT2D eigenvalue weighted by Crippen LogP contribution is -2.59. The highest BCUT2D eigenvalue weighted by Gasteiger charge is 2.43. The summed E-state index contributed by atoms with van der Waals surface area (Å²) in [6.07, 6.45) is 6.55. The van der Waals surface area contributed by atoms with E-state index < -0.39 is 18.2 Å². The Hall–Kier alpha value is -3.52. The predicted molar refractivity (Wildman–Crippen MR) is 159 cm³/mol. The molecule has 4 unspecified atom stereocenters. The van der Waals surface area contributed by atoms with Gasteiger partial charge in [-0.3, -0.25) is 14.5 Å². The third-order valence-electron chi connectivity index (χ3n) is 8.20. The summed E-state index contributed by atoms with van der Waals surface area (Å²) in [5.41, 5.74) is 1.87. The Labute approximate surface area is 246 Å². The average molecular weight is 575 g/mol. The van der Waals surface area contributed by atoms with Gasteiger partial charge in [0.2, 0.25) is 5.91 Å². The van der Waals surface area contributed by atoms with Gasteiger partial charge in [0, 0.05) is 6.54 Å². The molecule has 216 valence electrons. The van der Waals surface area contributed by atoms with Crippen LogP contribution in [0.15, 0.2) is 83.5 Å². The maximum Gasteiger partial charge on any atom is 0.410 e. The van der Waals surface area contributed by atoms with Crippen LogP contribution in [-0.4, -0.2) is 47.1 Å². The van der Waals surface area contributed by atoms with Crippen LogP contribution in [0.4, 0.5) is 4.79 Å². The monoisotopic (exact) mass is 574 g/mol. The zero-order valence-electron chi connectivity index (χ0n) is 23.3. The van der Waals surface area contributed by atoms with Crippen LogP contribution < -0.4 is 5.32 Å². The Morgan fingerprint density at radius 2 is 1.63 bits per heavy atom. The number of Topliss-reactive ketones (excluding diaryl/α,β-unsaturated/α-hetero) is 1. The van der Waals surface area contributed by atoms with Crippen molar-refractivity contribution in [3.8, 4) is 0 Å². The highest BCUT2D eigenvalue weighted by Crippen LogP contribution is 2.39. The Morgan fingerprint density at radius 1 is 0.927 bits per heavy atom. The number of fused-ring (bicyclic) bond motifs is 1. The zero-order chi connectivity index (χ0) is 28.4. The summed E-state index contributed by atoms with van der Waals surface area (Å²) in [5, 5.41) is 3.06. The van der Waals surface area contributed by atoms with Crippen molar-refractivity contribution < 1.29 is 23.5 Å². The summed E-state index contributed by atoms with van der Waals surface area (Å²) < 4.78 is 11.1. The Kier molecular flexibility index (Phi) is 10.2. The molecule has 2 aromatic carbocycles. The van der Waals surface area contributed by atoms with Crippen molar-refractivity contribution in [2.75, 3.05) is 12.3 Å². The fraction of sp³-hybridized carbons (Fsp3) is 0.424. The molecule has 2 heterocycles. The summed E-state index contributed by atoms with van der Waals surface area (Å²) >= 11 is 1.47. The molecule has 4 atom stereocenters. The molecule has 8 heteroatoms. The lowest BCUT2D eigenvalue weighted by molar-refractivity contribution is -0.132. The summed E-state index contributed by atoms with van der Waals surface area (Å²) in [5.74, 6) is 2.06. The van der Waals surface area contributed by atoms with E-state index in [0.29, 0.717) is 37.0 Å². The van der Waals surface area contributed by atoms with Crippen LogP contribution in [0.25, 0.3) is 0 Å². The molecule has 0 bridgehead atoms. The molecule has 1 aromatic heterocycles. The number of hydrogen-bond acceptors (Lipinski definition) is 6. The normalized spacial score (nSPS) is 21.0. The molecule has 1 saturated carbocycles. The van der Waals surface area contributed by atoms with Crippen LogP contribution in [0.3, 0.4) is 0 Å². The number of furan rings is 1. The number of carbonyl (C=O) groups excluding carboxylic acids is 3. The molecule has 7 nitrogen and oxygen atoms in total. The molecule has 3 aromatic rings. The van der Waals surface area contributed by atoms with Crippen molar-refractivity contribution in [1.82, 2.24) is 10.2 Å². The number of ether oxygens (including phenoxy) is 1. The number of nitrogens with zero attached hydrogens (tertiary/aromatic N) is 1. The van der Waals surface area contributed by atoms with Gasteiger partial charge < -0.3 is 14.5 Å². The number of likely N-dealkylation sites (tertiary alicyclic amines) is 1. The Balaban J connectivity index is 1.29. The topological polar surface area (TPSA) is 88.9 Å². The van der Waals surface area contributed by atoms with E-state index in [9.17, 15) is 14.4 Å². The molecule has 1 N–H and O–H groups in total. The second-order valence-electron chi connectivity index (χ2n) is 11.0. The molecule has 41 heavy (non-hydrogen) atoms. The summed E-state index contributed by atoms with van der Waals surface area (Å²) in [6.45, 7) is 0.660. The number of rotatable bonds is 11. The molecule has 0 spiro atoms. The molecule has 0 radical (unpaired) electrons. The van der Waals surface area contributed by atoms with Crippen molar-refractivity contribution in [2.45, 2.75) is 63.0 Å². The maximum atomic E-state index is 13.9. The fourth-order valence-electron chi connectivity index (χ4n) is 5.99. The van der Waals surface area contributed by atoms with Gasteiger partial charge >= 0.3 is 6.09 Å². The molecular weight excluding hydrogens is 536 g/mol. The minimum Gasteiger partial charge on any atom is -0.468 e. The van der Waals surface area contributed by atoms with Gasteiger partial charge in [0.05, 0.1) is 23.8 Å². The summed E-state index contributed by atoms with van der Waals surface area (Å²) in [4.78, 5) is 42.3. The zero-order valence-corrected chi connectivity index (χ0v) is 24.1. The van der Waals surface area contributed by atoms with Crippen molar-refractivity contribution in [1.29, 1.82) is 0 Å². The molecule has 1 saturated heterocycles. The summed E-state index contributed by atoms with van der Waals surface area (Å²) in [6, 6.07) is 21.6. The number of hydrogen-bond donors (Lipinski definition) is 1. The first-order valence-corrected chi connectivity index (χ1v) is 15.7. The van der Waals surface area contributed by atoms with E-state index in [1.807, 2.05) is 72.8 Å². The highest BCUT2D eigenvalue weighted by molar-refractivity contribution is 7.99. The van der Waals surface area contributed by atoms with Crippen molar-refractivity contribution in [3.05, 3.63) is 95.9 Å². The standard InChI is InChI=1S/C33H38N2O5S/c36-31(23-41-22-28-16-9-17-39-28)29(18-24-10-3-1-4-11-24)34-32(37)30-19-26-14-7-8-15-27(26)20-35(30)33(38)40-21-25-12-5-2-6-13-25/h1-6,9-13,16-17,26-27,29-30H,7-8,14-15,18-23H2,(H,34,37). The van der Waals surface area contributed by atoms with E-state index in [4.69, 9.17) is 9.15 Å². The van der Waals surface area contributed by atoms with Crippen LogP contribution >= 0.6 is 11.8 Å². The third kappa shape index (κ3) is 8.03. The lowest BCUT2D eigenvalue weighted by atomic mass is 9.73. The van der Waals surface area contributed by atoms with Crippen LogP contribution in [0.5, 0.6) is 0 Å². The average Bonchev–Trinajstić information content (AvgIpc) is 3.53. The van der Waals surface area contributed by atoms with Crippen molar-refractivity contribution in [2.24, 2.45) is 11.8 Å².